The highest BCUT2D eigenvalue weighted by atomic mass is 16.4. The molecule has 0 atom stereocenters. The van der Waals surface area contributed by atoms with Gasteiger partial charge in [0.2, 0.25) is 5.91 Å². The number of carboxylic acids is 1. The number of hydrogen-bond donors (Lipinski definition) is 3. The zero-order valence-electron chi connectivity index (χ0n) is 11.7. The van der Waals surface area contributed by atoms with Gasteiger partial charge in [-0.3, -0.25) is 9.59 Å². The lowest BCUT2D eigenvalue weighted by Gasteiger charge is -2.30. The third kappa shape index (κ3) is 4.64. The minimum Gasteiger partial charge on any atom is -0.481 e. The predicted molar refractivity (Wildman–Crippen MR) is 69.2 cm³/mol. The van der Waals surface area contributed by atoms with Crippen LogP contribution < -0.4 is 5.32 Å². The molecule has 0 fully saturated rings. The van der Waals surface area contributed by atoms with Crippen molar-refractivity contribution in [2.75, 3.05) is 6.61 Å². The number of nitrogens with one attached hydrogen (secondary N) is 1. The first-order valence-corrected chi connectivity index (χ1v) is 6.38. The van der Waals surface area contributed by atoms with Crippen LogP contribution in [-0.4, -0.2) is 34.2 Å². The largest absolute Gasteiger partial charge is 0.481 e. The second-order valence-electron chi connectivity index (χ2n) is 5.38. The standard InChI is InChI=1S/C13H25NO4/c1-5-13(6-2,11(17)18)9-10(16)14-12(3,4)7-8-15/h15H,5-9H2,1-4H3,(H,14,16)(H,17,18). The first-order chi connectivity index (χ1) is 8.23. The van der Waals surface area contributed by atoms with Crippen molar-refractivity contribution in [3.63, 3.8) is 0 Å². The molecule has 0 heterocycles. The summed E-state index contributed by atoms with van der Waals surface area (Å²) in [6.07, 6.45) is 1.26. The summed E-state index contributed by atoms with van der Waals surface area (Å²) in [4.78, 5) is 23.2. The zero-order valence-corrected chi connectivity index (χ0v) is 11.7. The van der Waals surface area contributed by atoms with Crippen molar-refractivity contribution in [2.45, 2.75) is 58.9 Å². The average molecular weight is 259 g/mol. The molecular formula is C13H25NO4. The molecule has 5 heteroatoms. The Hall–Kier alpha value is -1.10. The summed E-state index contributed by atoms with van der Waals surface area (Å²) < 4.78 is 0. The van der Waals surface area contributed by atoms with Crippen molar-refractivity contribution in [1.82, 2.24) is 5.32 Å². The lowest BCUT2D eigenvalue weighted by Crippen LogP contribution is -2.46. The van der Waals surface area contributed by atoms with Gasteiger partial charge >= 0.3 is 5.97 Å². The van der Waals surface area contributed by atoms with Gasteiger partial charge in [0.25, 0.3) is 0 Å². The second-order valence-corrected chi connectivity index (χ2v) is 5.38. The molecule has 0 aromatic rings. The van der Waals surface area contributed by atoms with Crippen LogP contribution in [0.5, 0.6) is 0 Å². The summed E-state index contributed by atoms with van der Waals surface area (Å²) in [7, 11) is 0. The number of carboxylic acid groups (broad SMARTS) is 1. The number of amides is 1. The van der Waals surface area contributed by atoms with Crippen LogP contribution in [0, 0.1) is 5.41 Å². The normalized spacial score (nSPS) is 12.3. The van der Waals surface area contributed by atoms with E-state index < -0.39 is 16.9 Å². The van der Waals surface area contributed by atoms with Crippen LogP contribution in [0.4, 0.5) is 0 Å². The molecule has 0 bridgehead atoms. The molecule has 0 aromatic carbocycles. The number of carbonyl (C=O) groups excluding carboxylic acids is 1. The highest BCUT2D eigenvalue weighted by molar-refractivity contribution is 5.85. The molecule has 0 rings (SSSR count). The van der Waals surface area contributed by atoms with Crippen LogP contribution in [0.3, 0.4) is 0 Å². The van der Waals surface area contributed by atoms with Gasteiger partial charge in [-0.25, -0.2) is 0 Å². The van der Waals surface area contributed by atoms with Gasteiger partial charge in [0.15, 0.2) is 0 Å². The maximum atomic E-state index is 11.9. The van der Waals surface area contributed by atoms with Gasteiger partial charge in [-0.15, -0.1) is 0 Å². The van der Waals surface area contributed by atoms with E-state index in [1.54, 1.807) is 13.8 Å². The highest BCUT2D eigenvalue weighted by Crippen LogP contribution is 2.31. The van der Waals surface area contributed by atoms with Crippen LogP contribution in [0.15, 0.2) is 0 Å². The van der Waals surface area contributed by atoms with Crippen LogP contribution in [0.25, 0.3) is 0 Å². The van der Waals surface area contributed by atoms with Crippen molar-refractivity contribution in [2.24, 2.45) is 5.41 Å². The molecule has 0 unspecified atom stereocenters. The fourth-order valence-corrected chi connectivity index (χ4v) is 1.95. The molecule has 0 aliphatic carbocycles. The highest BCUT2D eigenvalue weighted by Gasteiger charge is 2.38. The van der Waals surface area contributed by atoms with Crippen molar-refractivity contribution in [3.05, 3.63) is 0 Å². The third-order valence-electron chi connectivity index (χ3n) is 3.52. The topological polar surface area (TPSA) is 86.6 Å². The van der Waals surface area contributed by atoms with E-state index in [-0.39, 0.29) is 18.9 Å². The Balaban J connectivity index is 4.68. The van der Waals surface area contributed by atoms with Crippen LogP contribution in [-0.2, 0) is 9.59 Å². The summed E-state index contributed by atoms with van der Waals surface area (Å²) in [6, 6.07) is 0. The molecule has 18 heavy (non-hydrogen) atoms. The number of aliphatic carboxylic acids is 1. The minimum atomic E-state index is -0.987. The fourth-order valence-electron chi connectivity index (χ4n) is 1.95. The molecule has 106 valence electrons. The lowest BCUT2D eigenvalue weighted by molar-refractivity contribution is -0.152. The molecule has 0 saturated carbocycles. The molecule has 0 radical (unpaired) electrons. The Morgan fingerprint density at radius 2 is 1.67 bits per heavy atom. The van der Waals surface area contributed by atoms with E-state index in [1.807, 2.05) is 13.8 Å². The van der Waals surface area contributed by atoms with Crippen LogP contribution in [0.1, 0.15) is 53.4 Å². The molecule has 0 saturated heterocycles. The maximum Gasteiger partial charge on any atom is 0.310 e. The SMILES string of the molecule is CCC(CC)(CC(=O)NC(C)(C)CCO)C(=O)O. The van der Waals surface area contributed by atoms with E-state index in [4.69, 9.17) is 5.11 Å². The molecule has 0 aliphatic rings. The quantitative estimate of drug-likeness (QED) is 0.617. The first-order valence-electron chi connectivity index (χ1n) is 6.38. The Labute approximate surface area is 109 Å². The Bertz CT molecular complexity index is 295. The van der Waals surface area contributed by atoms with Crippen molar-refractivity contribution >= 4 is 11.9 Å². The summed E-state index contributed by atoms with van der Waals surface area (Å²) in [5, 5.41) is 20.9. The van der Waals surface area contributed by atoms with Gasteiger partial charge in [0.05, 0.1) is 5.41 Å². The van der Waals surface area contributed by atoms with E-state index in [0.717, 1.165) is 0 Å². The van der Waals surface area contributed by atoms with Crippen molar-refractivity contribution in [3.8, 4) is 0 Å². The van der Waals surface area contributed by atoms with E-state index >= 15 is 0 Å². The van der Waals surface area contributed by atoms with Gasteiger partial charge < -0.3 is 15.5 Å². The van der Waals surface area contributed by atoms with Gasteiger partial charge in [-0.1, -0.05) is 13.8 Å². The molecule has 0 aromatic heterocycles. The maximum absolute atomic E-state index is 11.9. The zero-order chi connectivity index (χ0) is 14.4. The average Bonchev–Trinajstić information content (AvgIpc) is 2.24. The summed E-state index contributed by atoms with van der Waals surface area (Å²) >= 11 is 0. The Morgan fingerprint density at radius 3 is 2.00 bits per heavy atom. The molecular weight excluding hydrogens is 234 g/mol. The number of rotatable bonds is 8. The number of hydrogen-bond acceptors (Lipinski definition) is 3. The van der Waals surface area contributed by atoms with E-state index in [1.165, 1.54) is 0 Å². The number of carbonyl (C=O) groups is 2. The lowest BCUT2D eigenvalue weighted by atomic mass is 9.79. The Morgan fingerprint density at radius 1 is 1.17 bits per heavy atom. The third-order valence-corrected chi connectivity index (χ3v) is 3.52. The molecule has 5 nitrogen and oxygen atoms in total. The molecule has 1 amide bonds. The van der Waals surface area contributed by atoms with Crippen LogP contribution in [0.2, 0.25) is 0 Å². The fraction of sp³-hybridized carbons (Fsp3) is 0.846. The summed E-state index contributed by atoms with van der Waals surface area (Å²) in [6.45, 7) is 7.16. The Kier molecular flexibility index (Phi) is 6.32. The van der Waals surface area contributed by atoms with E-state index in [2.05, 4.69) is 5.32 Å². The van der Waals surface area contributed by atoms with Crippen molar-refractivity contribution in [1.29, 1.82) is 0 Å². The molecule has 3 N–H and O–H groups in total. The number of aliphatic hydroxyl groups excluding tert-OH is 1. The second kappa shape index (κ2) is 6.73. The minimum absolute atomic E-state index is 0.0150. The number of aliphatic hydroxyl groups is 1. The van der Waals surface area contributed by atoms with Gasteiger partial charge in [0.1, 0.15) is 0 Å². The van der Waals surface area contributed by atoms with E-state index in [0.29, 0.717) is 19.3 Å². The predicted octanol–water partition coefficient (Wildman–Crippen LogP) is 1.54. The molecule has 0 spiro atoms. The molecule has 0 aliphatic heterocycles. The summed E-state index contributed by atoms with van der Waals surface area (Å²) in [5.74, 6) is -1.21. The van der Waals surface area contributed by atoms with Gasteiger partial charge in [-0.2, -0.15) is 0 Å². The van der Waals surface area contributed by atoms with Gasteiger partial charge in [0, 0.05) is 18.6 Å². The first kappa shape index (κ1) is 16.9. The summed E-state index contributed by atoms with van der Waals surface area (Å²) in [5.41, 5.74) is -1.50. The van der Waals surface area contributed by atoms with Gasteiger partial charge in [-0.05, 0) is 33.1 Å². The van der Waals surface area contributed by atoms with Crippen molar-refractivity contribution < 1.29 is 19.8 Å². The monoisotopic (exact) mass is 259 g/mol. The smallest absolute Gasteiger partial charge is 0.310 e. The van der Waals surface area contributed by atoms with E-state index in [9.17, 15) is 14.7 Å². The van der Waals surface area contributed by atoms with Crippen LogP contribution >= 0.6 is 0 Å².